The van der Waals surface area contributed by atoms with Crippen LogP contribution in [0.5, 0.6) is 11.5 Å². The number of barbiturate groups is 1. The third-order valence-electron chi connectivity index (χ3n) is 4.00. The van der Waals surface area contributed by atoms with Crippen LogP contribution in [0.3, 0.4) is 0 Å². The van der Waals surface area contributed by atoms with Gasteiger partial charge < -0.3 is 14.6 Å². The van der Waals surface area contributed by atoms with E-state index in [0.29, 0.717) is 11.3 Å². The number of carbonyl (C=O) groups is 4. The summed E-state index contributed by atoms with van der Waals surface area (Å²) < 4.78 is 10.2. The fourth-order valence-corrected chi connectivity index (χ4v) is 2.65. The number of benzene rings is 2. The molecule has 3 rings (SSSR count). The van der Waals surface area contributed by atoms with E-state index < -0.39 is 30.4 Å². The largest absolute Gasteiger partial charge is 0.497 e. The zero-order valence-electron chi connectivity index (χ0n) is 15.2. The third kappa shape index (κ3) is 4.24. The van der Waals surface area contributed by atoms with Crippen LogP contribution in [0.25, 0.3) is 6.08 Å². The molecule has 0 bridgehead atoms. The molecule has 2 aromatic carbocycles. The summed E-state index contributed by atoms with van der Waals surface area (Å²) >= 11 is 0. The highest BCUT2D eigenvalue weighted by Gasteiger charge is 2.37. The Labute approximate surface area is 165 Å². The van der Waals surface area contributed by atoms with Crippen molar-refractivity contribution in [2.75, 3.05) is 18.6 Å². The predicted octanol–water partition coefficient (Wildman–Crippen LogP) is 1.82. The molecule has 1 fully saturated rings. The average molecular weight is 396 g/mol. The van der Waals surface area contributed by atoms with Gasteiger partial charge in [0.05, 0.1) is 12.8 Å². The SMILES string of the molecule is COc1ccc(N2C(=O)NC(=O)/C(=C\c3ccccc3OCC(=O)O)C2=O)cc1. The number of carboxylic acid groups (broad SMARTS) is 1. The van der Waals surface area contributed by atoms with E-state index in [1.165, 1.54) is 31.4 Å². The number of rotatable bonds is 6. The molecule has 1 aliphatic rings. The van der Waals surface area contributed by atoms with E-state index in [1.807, 2.05) is 0 Å². The summed E-state index contributed by atoms with van der Waals surface area (Å²) in [5, 5.41) is 10.9. The Balaban J connectivity index is 1.96. The van der Waals surface area contributed by atoms with Crippen molar-refractivity contribution >= 4 is 35.6 Å². The number of ether oxygens (including phenoxy) is 2. The number of aliphatic carboxylic acids is 1. The van der Waals surface area contributed by atoms with E-state index >= 15 is 0 Å². The van der Waals surface area contributed by atoms with Gasteiger partial charge in [-0.1, -0.05) is 18.2 Å². The van der Waals surface area contributed by atoms with Gasteiger partial charge in [0.25, 0.3) is 11.8 Å². The minimum Gasteiger partial charge on any atom is -0.497 e. The number of anilines is 1. The second kappa shape index (κ2) is 8.26. The van der Waals surface area contributed by atoms with E-state index in [4.69, 9.17) is 14.6 Å². The van der Waals surface area contributed by atoms with E-state index in [1.54, 1.807) is 30.3 Å². The normalized spacial score (nSPS) is 15.3. The first-order valence-corrected chi connectivity index (χ1v) is 8.40. The van der Waals surface area contributed by atoms with Crippen molar-refractivity contribution in [2.24, 2.45) is 0 Å². The minimum atomic E-state index is -1.17. The lowest BCUT2D eigenvalue weighted by atomic mass is 10.1. The van der Waals surface area contributed by atoms with Crippen LogP contribution >= 0.6 is 0 Å². The summed E-state index contributed by atoms with van der Waals surface area (Å²) in [6.45, 7) is -0.587. The number of imide groups is 2. The molecule has 9 heteroatoms. The van der Waals surface area contributed by atoms with E-state index in [9.17, 15) is 19.2 Å². The Hall–Kier alpha value is -4.14. The van der Waals surface area contributed by atoms with Crippen molar-refractivity contribution < 1.29 is 33.8 Å². The lowest BCUT2D eigenvalue weighted by Gasteiger charge is -2.26. The van der Waals surface area contributed by atoms with Gasteiger partial charge in [0, 0.05) is 5.56 Å². The number of methoxy groups -OCH3 is 1. The maximum Gasteiger partial charge on any atom is 0.341 e. The van der Waals surface area contributed by atoms with Gasteiger partial charge >= 0.3 is 12.0 Å². The molecule has 1 aliphatic heterocycles. The molecule has 1 saturated heterocycles. The summed E-state index contributed by atoms with van der Waals surface area (Å²) in [7, 11) is 1.48. The summed E-state index contributed by atoms with van der Waals surface area (Å²) in [5.74, 6) is -2.14. The van der Waals surface area contributed by atoms with Crippen LogP contribution in [-0.4, -0.2) is 42.6 Å². The standard InChI is InChI=1S/C20H16N2O7/c1-28-14-8-6-13(7-9-14)22-19(26)15(18(25)21-20(22)27)10-12-4-2-3-5-16(12)29-11-17(23)24/h2-10H,11H2,1H3,(H,23,24)(H,21,25,27)/b15-10+. The van der Waals surface area contributed by atoms with Crippen LogP contribution in [0.15, 0.2) is 54.1 Å². The fourth-order valence-electron chi connectivity index (χ4n) is 2.65. The number of amides is 4. The number of para-hydroxylation sites is 1. The first-order chi connectivity index (χ1) is 13.9. The van der Waals surface area contributed by atoms with E-state index in [2.05, 4.69) is 5.32 Å². The number of hydrogen-bond donors (Lipinski definition) is 2. The third-order valence-corrected chi connectivity index (χ3v) is 4.00. The lowest BCUT2D eigenvalue weighted by Crippen LogP contribution is -2.54. The Kier molecular flexibility index (Phi) is 5.59. The Morgan fingerprint density at radius 3 is 2.45 bits per heavy atom. The maximum absolute atomic E-state index is 12.9. The quantitative estimate of drug-likeness (QED) is 0.564. The van der Waals surface area contributed by atoms with Gasteiger partial charge in [-0.15, -0.1) is 0 Å². The van der Waals surface area contributed by atoms with Gasteiger partial charge in [0.2, 0.25) is 0 Å². The van der Waals surface area contributed by atoms with Gasteiger partial charge in [-0.3, -0.25) is 14.9 Å². The van der Waals surface area contributed by atoms with Crippen LogP contribution in [0.1, 0.15) is 5.56 Å². The number of nitrogens with zero attached hydrogens (tertiary/aromatic N) is 1. The van der Waals surface area contributed by atoms with Crippen LogP contribution in [-0.2, 0) is 14.4 Å². The average Bonchev–Trinajstić information content (AvgIpc) is 2.70. The van der Waals surface area contributed by atoms with Gasteiger partial charge in [-0.2, -0.15) is 0 Å². The maximum atomic E-state index is 12.9. The van der Waals surface area contributed by atoms with Crippen LogP contribution in [0.4, 0.5) is 10.5 Å². The van der Waals surface area contributed by atoms with E-state index in [0.717, 1.165) is 4.90 Å². The molecule has 0 unspecified atom stereocenters. The number of carbonyl (C=O) groups excluding carboxylic acids is 3. The molecule has 2 aromatic rings. The Morgan fingerprint density at radius 2 is 1.79 bits per heavy atom. The zero-order chi connectivity index (χ0) is 21.0. The van der Waals surface area contributed by atoms with Crippen molar-refractivity contribution in [3.63, 3.8) is 0 Å². The number of carboxylic acids is 1. The molecule has 0 spiro atoms. The topological polar surface area (TPSA) is 122 Å². The molecule has 1 heterocycles. The Bertz CT molecular complexity index is 1010. The lowest BCUT2D eigenvalue weighted by molar-refractivity contribution is -0.139. The molecular formula is C20H16N2O7. The summed E-state index contributed by atoms with van der Waals surface area (Å²) in [5.41, 5.74) is 0.269. The second-order valence-electron chi connectivity index (χ2n) is 5.88. The van der Waals surface area contributed by atoms with Crippen LogP contribution < -0.4 is 19.7 Å². The fraction of sp³-hybridized carbons (Fsp3) is 0.100. The summed E-state index contributed by atoms with van der Waals surface area (Å²) in [6.07, 6.45) is 1.25. The minimum absolute atomic E-state index is 0.177. The molecule has 148 valence electrons. The van der Waals surface area contributed by atoms with E-state index in [-0.39, 0.29) is 17.0 Å². The van der Waals surface area contributed by atoms with Crippen LogP contribution in [0, 0.1) is 0 Å². The number of urea groups is 1. The molecule has 0 atom stereocenters. The highest BCUT2D eigenvalue weighted by molar-refractivity contribution is 6.39. The summed E-state index contributed by atoms with van der Waals surface area (Å²) in [4.78, 5) is 49.0. The number of nitrogens with one attached hydrogen (secondary N) is 1. The van der Waals surface area contributed by atoms with Gasteiger partial charge in [0.15, 0.2) is 6.61 Å². The molecule has 0 radical (unpaired) electrons. The molecule has 29 heavy (non-hydrogen) atoms. The van der Waals surface area contributed by atoms with Gasteiger partial charge in [0.1, 0.15) is 17.1 Å². The van der Waals surface area contributed by atoms with Crippen molar-refractivity contribution in [3.8, 4) is 11.5 Å². The molecular weight excluding hydrogens is 380 g/mol. The first kappa shape index (κ1) is 19.6. The molecule has 2 N–H and O–H groups in total. The van der Waals surface area contributed by atoms with Crippen molar-refractivity contribution in [3.05, 3.63) is 59.7 Å². The number of hydrogen-bond acceptors (Lipinski definition) is 6. The molecule has 9 nitrogen and oxygen atoms in total. The highest BCUT2D eigenvalue weighted by atomic mass is 16.5. The molecule has 0 saturated carbocycles. The van der Waals surface area contributed by atoms with Gasteiger partial charge in [-0.05, 0) is 36.4 Å². The monoisotopic (exact) mass is 396 g/mol. The van der Waals surface area contributed by atoms with Crippen molar-refractivity contribution in [1.29, 1.82) is 0 Å². The molecule has 4 amide bonds. The van der Waals surface area contributed by atoms with Crippen LogP contribution in [0.2, 0.25) is 0 Å². The van der Waals surface area contributed by atoms with Crippen molar-refractivity contribution in [2.45, 2.75) is 0 Å². The molecule has 0 aromatic heterocycles. The second-order valence-corrected chi connectivity index (χ2v) is 5.88. The highest BCUT2D eigenvalue weighted by Crippen LogP contribution is 2.26. The smallest absolute Gasteiger partial charge is 0.341 e. The summed E-state index contributed by atoms with van der Waals surface area (Å²) in [6, 6.07) is 11.6. The predicted molar refractivity (Wildman–Crippen MR) is 102 cm³/mol. The molecule has 0 aliphatic carbocycles. The van der Waals surface area contributed by atoms with Crippen molar-refractivity contribution in [1.82, 2.24) is 5.32 Å². The zero-order valence-corrected chi connectivity index (χ0v) is 15.2. The van der Waals surface area contributed by atoms with Gasteiger partial charge in [-0.25, -0.2) is 14.5 Å². The first-order valence-electron chi connectivity index (χ1n) is 8.40. The Morgan fingerprint density at radius 1 is 1.10 bits per heavy atom.